The Kier molecular flexibility index (Phi) is 3.06. The number of halogens is 8. The number of hydrogen-bond acceptors (Lipinski definition) is 3. The maximum atomic E-state index is 12.7. The van der Waals surface area contributed by atoms with Gasteiger partial charge >= 0.3 is 18.6 Å². The Morgan fingerprint density at radius 2 is 1.33 bits per heavy atom. The van der Waals surface area contributed by atoms with Crippen LogP contribution < -0.4 is 9.47 Å². The van der Waals surface area contributed by atoms with Gasteiger partial charge in [-0.15, -0.1) is 8.78 Å². The minimum Gasteiger partial charge on any atom is -0.395 e. The Labute approximate surface area is 110 Å². The molecule has 0 atom stereocenters. The summed E-state index contributed by atoms with van der Waals surface area (Å²) in [6, 6.07) is 0.579. The predicted molar refractivity (Wildman–Crippen MR) is 48.7 cm³/mol. The van der Waals surface area contributed by atoms with E-state index >= 15 is 0 Å². The lowest BCUT2D eigenvalue weighted by Crippen LogP contribution is -2.53. The van der Waals surface area contributed by atoms with Crippen LogP contribution in [-0.4, -0.2) is 23.8 Å². The van der Waals surface area contributed by atoms with Crippen LogP contribution in [-0.2, 0) is 5.60 Å². The zero-order valence-corrected chi connectivity index (χ0v) is 9.52. The van der Waals surface area contributed by atoms with Crippen LogP contribution in [0.4, 0.5) is 35.1 Å². The van der Waals surface area contributed by atoms with E-state index in [-0.39, 0.29) is 12.1 Å². The van der Waals surface area contributed by atoms with Gasteiger partial charge in [0.25, 0.3) is 5.60 Å². The van der Waals surface area contributed by atoms with Gasteiger partial charge in [-0.05, 0) is 12.1 Å². The molecule has 1 heterocycles. The van der Waals surface area contributed by atoms with Crippen molar-refractivity contribution in [3.63, 3.8) is 0 Å². The first-order valence-corrected chi connectivity index (χ1v) is 5.04. The molecule has 0 spiro atoms. The van der Waals surface area contributed by atoms with Gasteiger partial charge in [0.05, 0.1) is 0 Å². The molecule has 0 bridgehead atoms. The van der Waals surface area contributed by atoms with Crippen molar-refractivity contribution in [2.24, 2.45) is 0 Å². The minimum absolute atomic E-state index is 0.00275. The lowest BCUT2D eigenvalue weighted by molar-refractivity contribution is -0.376. The molecule has 1 aliphatic heterocycles. The molecule has 1 aliphatic rings. The Morgan fingerprint density at radius 1 is 0.857 bits per heavy atom. The lowest BCUT2D eigenvalue weighted by atomic mass is 9.92. The highest BCUT2D eigenvalue weighted by atomic mass is 19.4. The van der Waals surface area contributed by atoms with Crippen LogP contribution in [0.3, 0.4) is 0 Å². The summed E-state index contributed by atoms with van der Waals surface area (Å²) in [6.07, 6.45) is -16.5. The topological polar surface area (TPSA) is 38.7 Å². The molecule has 21 heavy (non-hydrogen) atoms. The normalized spacial score (nSPS) is 18.0. The van der Waals surface area contributed by atoms with E-state index < -0.39 is 41.3 Å². The molecule has 1 aromatic carbocycles. The van der Waals surface area contributed by atoms with Crippen molar-refractivity contribution in [3.8, 4) is 11.5 Å². The number of alkyl halides is 8. The first kappa shape index (κ1) is 15.6. The van der Waals surface area contributed by atoms with Crippen LogP contribution in [0.15, 0.2) is 18.2 Å². The quantitative estimate of drug-likeness (QED) is 0.806. The van der Waals surface area contributed by atoms with E-state index in [1.165, 1.54) is 0 Å². The number of rotatable bonds is 1. The SMILES string of the molecule is OC(c1ccc2c(c1)OC(F)(F)O2)(C(F)(F)F)C(F)(F)F. The molecule has 2 rings (SSSR count). The molecule has 0 amide bonds. The van der Waals surface area contributed by atoms with E-state index in [1.807, 2.05) is 0 Å². The maximum Gasteiger partial charge on any atom is 0.586 e. The van der Waals surface area contributed by atoms with Crippen molar-refractivity contribution in [2.45, 2.75) is 24.2 Å². The predicted octanol–water partition coefficient (Wildman–Crippen LogP) is 3.32. The molecule has 1 N–H and O–H groups in total. The second kappa shape index (κ2) is 4.12. The molecule has 0 unspecified atom stereocenters. The Balaban J connectivity index is 2.56. The van der Waals surface area contributed by atoms with Crippen molar-refractivity contribution in [3.05, 3.63) is 23.8 Å². The molecule has 0 saturated carbocycles. The van der Waals surface area contributed by atoms with Crippen molar-refractivity contribution >= 4 is 0 Å². The van der Waals surface area contributed by atoms with Gasteiger partial charge in [0, 0.05) is 5.56 Å². The largest absolute Gasteiger partial charge is 0.586 e. The molecule has 11 heteroatoms. The number of aliphatic hydroxyl groups is 1. The van der Waals surface area contributed by atoms with Gasteiger partial charge in [-0.3, -0.25) is 0 Å². The summed E-state index contributed by atoms with van der Waals surface area (Å²) in [5.74, 6) is -1.81. The number of ether oxygens (including phenoxy) is 2. The molecule has 0 fully saturated rings. The first-order valence-electron chi connectivity index (χ1n) is 5.04. The fraction of sp³-hybridized carbons (Fsp3) is 0.400. The molecule has 3 nitrogen and oxygen atoms in total. The second-order valence-electron chi connectivity index (χ2n) is 4.03. The smallest absolute Gasteiger partial charge is 0.395 e. The van der Waals surface area contributed by atoms with Crippen molar-refractivity contribution < 1.29 is 49.7 Å². The summed E-state index contributed by atoms with van der Waals surface area (Å²) in [7, 11) is 0. The van der Waals surface area contributed by atoms with Gasteiger partial charge in [-0.25, -0.2) is 0 Å². The van der Waals surface area contributed by atoms with Crippen LogP contribution in [0, 0.1) is 0 Å². The highest BCUT2D eigenvalue weighted by Gasteiger charge is 2.71. The zero-order chi connectivity index (χ0) is 16.3. The molecule has 118 valence electrons. The second-order valence-corrected chi connectivity index (χ2v) is 4.03. The summed E-state index contributed by atoms with van der Waals surface area (Å²) in [5, 5.41) is 9.08. The Bertz CT molecular complexity index is 548. The van der Waals surface area contributed by atoms with E-state index in [1.54, 1.807) is 0 Å². The molecule has 1 aromatic rings. The summed E-state index contributed by atoms with van der Waals surface area (Å²) in [4.78, 5) is 0. The van der Waals surface area contributed by atoms with Gasteiger partial charge in [0.1, 0.15) is 0 Å². The van der Waals surface area contributed by atoms with E-state index in [0.717, 1.165) is 0 Å². The molecule has 0 aromatic heterocycles. The van der Waals surface area contributed by atoms with Crippen LogP contribution in [0.5, 0.6) is 11.5 Å². The third-order valence-corrected chi connectivity index (χ3v) is 2.64. The number of fused-ring (bicyclic) bond motifs is 1. The average Bonchev–Trinajstić information content (AvgIpc) is 2.57. The molecule has 0 saturated heterocycles. The fourth-order valence-electron chi connectivity index (χ4n) is 1.66. The van der Waals surface area contributed by atoms with Gasteiger partial charge in [0.15, 0.2) is 11.5 Å². The van der Waals surface area contributed by atoms with E-state index in [0.29, 0.717) is 6.07 Å². The van der Waals surface area contributed by atoms with Gasteiger partial charge < -0.3 is 14.6 Å². The summed E-state index contributed by atoms with van der Waals surface area (Å²) in [5.41, 5.74) is -6.95. The monoisotopic (exact) mass is 324 g/mol. The third-order valence-electron chi connectivity index (χ3n) is 2.64. The molecular formula is C10H4F8O3. The van der Waals surface area contributed by atoms with Crippen molar-refractivity contribution in [2.75, 3.05) is 0 Å². The third kappa shape index (κ3) is 2.34. The zero-order valence-electron chi connectivity index (χ0n) is 9.52. The summed E-state index contributed by atoms with van der Waals surface area (Å²) >= 11 is 0. The maximum absolute atomic E-state index is 12.7. The molecule has 0 radical (unpaired) electrons. The van der Waals surface area contributed by atoms with Crippen LogP contribution >= 0.6 is 0 Å². The van der Waals surface area contributed by atoms with E-state index in [4.69, 9.17) is 5.11 Å². The Morgan fingerprint density at radius 3 is 1.81 bits per heavy atom. The number of benzene rings is 1. The lowest BCUT2D eigenvalue weighted by Gasteiger charge is -2.32. The Hall–Kier alpha value is -1.78. The van der Waals surface area contributed by atoms with Crippen LogP contribution in [0.2, 0.25) is 0 Å². The fourth-order valence-corrected chi connectivity index (χ4v) is 1.66. The van der Waals surface area contributed by atoms with E-state index in [2.05, 4.69) is 9.47 Å². The number of hydrogen-bond donors (Lipinski definition) is 1. The average molecular weight is 324 g/mol. The van der Waals surface area contributed by atoms with Crippen molar-refractivity contribution in [1.29, 1.82) is 0 Å². The molecular weight excluding hydrogens is 320 g/mol. The minimum atomic E-state index is -6.12. The van der Waals surface area contributed by atoms with Gasteiger partial charge in [-0.1, -0.05) is 6.07 Å². The van der Waals surface area contributed by atoms with Crippen LogP contribution in [0.1, 0.15) is 5.56 Å². The summed E-state index contributed by atoms with van der Waals surface area (Å²) in [6.45, 7) is 0. The van der Waals surface area contributed by atoms with Gasteiger partial charge in [-0.2, -0.15) is 26.3 Å². The highest BCUT2D eigenvalue weighted by molar-refractivity contribution is 5.47. The molecule has 0 aliphatic carbocycles. The van der Waals surface area contributed by atoms with Crippen LogP contribution in [0.25, 0.3) is 0 Å². The van der Waals surface area contributed by atoms with Crippen molar-refractivity contribution in [1.82, 2.24) is 0 Å². The summed E-state index contributed by atoms with van der Waals surface area (Å²) < 4.78 is 109. The highest BCUT2D eigenvalue weighted by Crippen LogP contribution is 2.52. The first-order chi connectivity index (χ1) is 9.28. The van der Waals surface area contributed by atoms with E-state index in [9.17, 15) is 35.1 Å². The van der Waals surface area contributed by atoms with Gasteiger partial charge in [0.2, 0.25) is 0 Å². The standard InChI is InChI=1S/C10H4F8O3/c11-8(12,13)7(19,9(14,15)16)4-1-2-5-6(3-4)21-10(17,18)20-5/h1-3,19H.